The van der Waals surface area contributed by atoms with E-state index < -0.39 is 0 Å². The van der Waals surface area contributed by atoms with Crippen molar-refractivity contribution in [2.45, 2.75) is 26.7 Å². The third kappa shape index (κ3) is 1.73. The summed E-state index contributed by atoms with van der Waals surface area (Å²) in [6.45, 7) is 4.16. The summed E-state index contributed by atoms with van der Waals surface area (Å²) in [5, 5.41) is 0. The molecule has 12 heavy (non-hydrogen) atoms. The predicted octanol–water partition coefficient (Wildman–Crippen LogP) is 2.27. The van der Waals surface area contributed by atoms with E-state index in [0.29, 0.717) is 5.56 Å². The van der Waals surface area contributed by atoms with Crippen molar-refractivity contribution in [1.29, 1.82) is 0 Å². The van der Waals surface area contributed by atoms with Gasteiger partial charge in [0.15, 0.2) is 0 Å². The third-order valence-electron chi connectivity index (χ3n) is 2.07. The fourth-order valence-electron chi connectivity index (χ4n) is 1.26. The van der Waals surface area contributed by atoms with E-state index in [0.717, 1.165) is 18.4 Å². The van der Waals surface area contributed by atoms with Crippen molar-refractivity contribution in [3.63, 3.8) is 0 Å². The average molecular weight is 161 g/mol. The zero-order valence-electron chi connectivity index (χ0n) is 7.55. The topological polar surface area (TPSA) is 17.1 Å². The van der Waals surface area contributed by atoms with Gasteiger partial charge in [-0.25, -0.2) is 0 Å². The molecule has 1 aromatic rings. The van der Waals surface area contributed by atoms with Crippen LogP contribution in [-0.2, 0) is 17.6 Å². The van der Waals surface area contributed by atoms with Crippen LogP contribution in [0.3, 0.4) is 0 Å². The number of aryl methyl sites for hydroxylation is 2. The lowest BCUT2D eigenvalue weighted by molar-refractivity contribution is 0.562. The Labute approximate surface area is 73.4 Å². The smallest absolute Gasteiger partial charge is 0.233 e. The maximum absolute atomic E-state index is 10.5. The fraction of sp³-hybridized carbons (Fsp3) is 0.364. The molecule has 1 radical (unpaired) electrons. The Morgan fingerprint density at radius 1 is 1.25 bits per heavy atom. The summed E-state index contributed by atoms with van der Waals surface area (Å²) < 4.78 is 0. The van der Waals surface area contributed by atoms with Crippen molar-refractivity contribution in [2.24, 2.45) is 0 Å². The molecule has 1 rings (SSSR count). The lowest BCUT2D eigenvalue weighted by Gasteiger charge is -2.03. The van der Waals surface area contributed by atoms with Crippen LogP contribution < -0.4 is 0 Å². The van der Waals surface area contributed by atoms with Crippen LogP contribution in [0.2, 0.25) is 0 Å². The fourth-order valence-corrected chi connectivity index (χ4v) is 1.26. The highest BCUT2D eigenvalue weighted by molar-refractivity contribution is 5.77. The summed E-state index contributed by atoms with van der Waals surface area (Å²) in [7, 11) is 0. The van der Waals surface area contributed by atoms with Crippen molar-refractivity contribution < 1.29 is 4.79 Å². The number of hydrogen-bond acceptors (Lipinski definition) is 1. The molecule has 0 heterocycles. The molecule has 0 saturated heterocycles. The van der Waals surface area contributed by atoms with Crippen LogP contribution >= 0.6 is 0 Å². The van der Waals surface area contributed by atoms with Gasteiger partial charge in [0, 0.05) is 5.56 Å². The summed E-state index contributed by atoms with van der Waals surface area (Å²) in [6, 6.07) is 5.92. The Hall–Kier alpha value is -1.11. The minimum absolute atomic E-state index is 0.703. The van der Waals surface area contributed by atoms with Crippen LogP contribution in [0, 0.1) is 0 Å². The van der Waals surface area contributed by atoms with E-state index in [1.54, 1.807) is 0 Å². The number of rotatable bonds is 3. The molecule has 0 atom stereocenters. The molecule has 0 bridgehead atoms. The summed E-state index contributed by atoms with van der Waals surface area (Å²) in [5.41, 5.74) is 3.09. The summed E-state index contributed by atoms with van der Waals surface area (Å²) in [5.74, 6) is 0. The SMILES string of the molecule is CCc1ccc([C]=O)c(CC)c1. The third-order valence-corrected chi connectivity index (χ3v) is 2.07. The lowest BCUT2D eigenvalue weighted by atomic mass is 10.0. The minimum atomic E-state index is 0.703. The van der Waals surface area contributed by atoms with Crippen LogP contribution in [0.25, 0.3) is 0 Å². The normalized spacial score (nSPS) is 9.83. The van der Waals surface area contributed by atoms with E-state index in [2.05, 4.69) is 19.9 Å². The Kier molecular flexibility index (Phi) is 3.03. The highest BCUT2D eigenvalue weighted by atomic mass is 16.1. The minimum Gasteiger partial charge on any atom is -0.285 e. The molecular formula is C11H13O. The zero-order chi connectivity index (χ0) is 8.97. The Bertz CT molecular complexity index is 276. The van der Waals surface area contributed by atoms with Gasteiger partial charge in [-0.1, -0.05) is 32.0 Å². The van der Waals surface area contributed by atoms with E-state index in [9.17, 15) is 4.79 Å². The highest BCUT2D eigenvalue weighted by Crippen LogP contribution is 2.11. The van der Waals surface area contributed by atoms with Gasteiger partial charge in [-0.15, -0.1) is 0 Å². The zero-order valence-corrected chi connectivity index (χ0v) is 7.55. The molecule has 1 aromatic carbocycles. The molecule has 0 amide bonds. The van der Waals surface area contributed by atoms with Crippen molar-refractivity contribution in [3.05, 3.63) is 34.9 Å². The molecule has 0 saturated carbocycles. The van der Waals surface area contributed by atoms with E-state index in [-0.39, 0.29) is 0 Å². The number of hydrogen-bond donors (Lipinski definition) is 0. The lowest BCUT2D eigenvalue weighted by Crippen LogP contribution is -1.92. The van der Waals surface area contributed by atoms with Gasteiger partial charge in [0.25, 0.3) is 0 Å². The van der Waals surface area contributed by atoms with Crippen molar-refractivity contribution in [1.82, 2.24) is 0 Å². The molecule has 1 nitrogen and oxygen atoms in total. The first kappa shape index (κ1) is 8.98. The van der Waals surface area contributed by atoms with Gasteiger partial charge >= 0.3 is 0 Å². The van der Waals surface area contributed by atoms with Crippen LogP contribution in [0.5, 0.6) is 0 Å². The quantitative estimate of drug-likeness (QED) is 0.664. The van der Waals surface area contributed by atoms with Crippen LogP contribution in [0.15, 0.2) is 18.2 Å². The Morgan fingerprint density at radius 2 is 2.00 bits per heavy atom. The van der Waals surface area contributed by atoms with Gasteiger partial charge < -0.3 is 0 Å². The Balaban J connectivity index is 3.10. The predicted molar refractivity (Wildman–Crippen MR) is 50.0 cm³/mol. The maximum Gasteiger partial charge on any atom is 0.233 e. The molecule has 0 aliphatic heterocycles. The summed E-state index contributed by atoms with van der Waals surface area (Å²) >= 11 is 0. The Morgan fingerprint density at radius 3 is 2.50 bits per heavy atom. The molecule has 0 aliphatic carbocycles. The summed E-state index contributed by atoms with van der Waals surface area (Å²) in [4.78, 5) is 10.5. The van der Waals surface area contributed by atoms with Gasteiger partial charge in [-0.2, -0.15) is 0 Å². The van der Waals surface area contributed by atoms with Gasteiger partial charge in [0.05, 0.1) is 0 Å². The van der Waals surface area contributed by atoms with Crippen molar-refractivity contribution in [2.75, 3.05) is 0 Å². The molecule has 63 valence electrons. The van der Waals surface area contributed by atoms with Crippen LogP contribution in [-0.4, -0.2) is 6.29 Å². The van der Waals surface area contributed by atoms with Gasteiger partial charge in [0.2, 0.25) is 6.29 Å². The van der Waals surface area contributed by atoms with E-state index in [1.807, 2.05) is 18.4 Å². The summed E-state index contributed by atoms with van der Waals surface area (Å²) in [6.07, 6.45) is 3.87. The van der Waals surface area contributed by atoms with E-state index in [1.165, 1.54) is 5.56 Å². The standard InChI is InChI=1S/C11H13O/c1-3-9-5-6-11(8-12)10(4-2)7-9/h5-7H,3-4H2,1-2H3. The molecule has 0 aromatic heterocycles. The number of benzene rings is 1. The number of carbonyl (C=O) groups excluding carboxylic acids is 1. The highest BCUT2D eigenvalue weighted by Gasteiger charge is 2.00. The molecule has 0 spiro atoms. The molecule has 0 N–H and O–H groups in total. The molecule has 1 heteroatoms. The second-order valence-corrected chi connectivity index (χ2v) is 2.80. The molecule has 0 aliphatic rings. The monoisotopic (exact) mass is 161 g/mol. The second kappa shape index (κ2) is 4.05. The first-order valence-corrected chi connectivity index (χ1v) is 4.31. The maximum atomic E-state index is 10.5. The largest absolute Gasteiger partial charge is 0.285 e. The van der Waals surface area contributed by atoms with Crippen LogP contribution in [0.4, 0.5) is 0 Å². The first-order chi connectivity index (χ1) is 5.81. The van der Waals surface area contributed by atoms with Gasteiger partial charge in [-0.3, -0.25) is 4.79 Å². The van der Waals surface area contributed by atoms with Crippen molar-refractivity contribution >= 4 is 6.29 Å². The van der Waals surface area contributed by atoms with Gasteiger partial charge in [-0.05, 0) is 24.0 Å². The molecule has 0 fully saturated rings. The second-order valence-electron chi connectivity index (χ2n) is 2.80. The average Bonchev–Trinajstić information content (AvgIpc) is 2.16. The van der Waals surface area contributed by atoms with E-state index >= 15 is 0 Å². The van der Waals surface area contributed by atoms with Gasteiger partial charge in [0.1, 0.15) is 0 Å². The molecular weight excluding hydrogens is 148 g/mol. The molecule has 0 unspecified atom stereocenters. The van der Waals surface area contributed by atoms with Crippen LogP contribution in [0.1, 0.15) is 30.5 Å². The first-order valence-electron chi connectivity index (χ1n) is 4.31. The van der Waals surface area contributed by atoms with E-state index in [4.69, 9.17) is 0 Å². The van der Waals surface area contributed by atoms with Crippen molar-refractivity contribution in [3.8, 4) is 0 Å².